The van der Waals surface area contributed by atoms with Gasteiger partial charge in [-0.25, -0.2) is 5.43 Å². The Labute approximate surface area is 103 Å². The molecule has 1 aliphatic heterocycles. The maximum atomic E-state index is 8.98. The van der Waals surface area contributed by atoms with Crippen molar-refractivity contribution in [1.29, 1.82) is 0 Å². The molecule has 1 unspecified atom stereocenters. The average molecular weight is 253 g/mol. The van der Waals surface area contributed by atoms with Crippen LogP contribution in [0.4, 0.5) is 0 Å². The third-order valence-corrected chi connectivity index (χ3v) is 3.77. The van der Waals surface area contributed by atoms with Gasteiger partial charge in [0.1, 0.15) is 11.1 Å². The summed E-state index contributed by atoms with van der Waals surface area (Å²) >= 11 is 6.40. The maximum Gasteiger partial charge on any atom is 0.156 e. The second-order valence-electron chi connectivity index (χ2n) is 3.34. The summed E-state index contributed by atoms with van der Waals surface area (Å²) in [7, 11) is 1.85. The predicted molar refractivity (Wildman–Crippen MR) is 69.5 cm³/mol. The normalized spacial score (nSPS) is 23.8. The van der Waals surface area contributed by atoms with Gasteiger partial charge < -0.3 is 5.21 Å². The first-order chi connectivity index (χ1) is 7.72. The summed E-state index contributed by atoms with van der Waals surface area (Å²) in [4.78, 5) is 0. The summed E-state index contributed by atoms with van der Waals surface area (Å²) in [5.74, 6) is 0. The third kappa shape index (κ3) is 2.18. The van der Waals surface area contributed by atoms with Crippen LogP contribution in [0.2, 0.25) is 0 Å². The highest BCUT2D eigenvalue weighted by molar-refractivity contribution is 8.33. The fraction of sp³-hybridized carbons (Fsp3) is 0.200. The van der Waals surface area contributed by atoms with Gasteiger partial charge in [0, 0.05) is 7.05 Å². The number of rotatable bonds is 1. The Hall–Kier alpha value is -1.11. The van der Waals surface area contributed by atoms with Crippen molar-refractivity contribution in [3.8, 4) is 0 Å². The maximum absolute atomic E-state index is 8.98. The van der Waals surface area contributed by atoms with Gasteiger partial charge in [-0.1, -0.05) is 47.7 Å². The molecule has 6 heteroatoms. The van der Waals surface area contributed by atoms with Crippen molar-refractivity contribution >= 4 is 33.3 Å². The van der Waals surface area contributed by atoms with E-state index >= 15 is 0 Å². The molecule has 0 bridgehead atoms. The average Bonchev–Trinajstić information content (AvgIpc) is 2.33. The molecule has 0 amide bonds. The molecule has 1 aromatic rings. The first kappa shape index (κ1) is 11.4. The van der Waals surface area contributed by atoms with E-state index in [9.17, 15) is 0 Å². The molecular formula is C10H11N3OS2. The molecule has 0 saturated carbocycles. The van der Waals surface area contributed by atoms with Crippen LogP contribution in [0, 0.1) is 0 Å². The highest BCUT2D eigenvalue weighted by Crippen LogP contribution is 2.27. The van der Waals surface area contributed by atoms with E-state index in [-0.39, 0.29) is 6.04 Å². The van der Waals surface area contributed by atoms with Crippen LogP contribution in [0.5, 0.6) is 0 Å². The molecule has 0 radical (unpaired) electrons. The molecule has 1 aromatic carbocycles. The van der Waals surface area contributed by atoms with Crippen LogP contribution < -0.4 is 5.43 Å². The standard InChI is InChI=1S/C10H11N3OS2/c1-13-10(15)16-9(12-14)8(11-13)7-5-3-2-4-6-7/h2-6,8,11,14H,1H3. The Balaban J connectivity index is 2.29. The lowest BCUT2D eigenvalue weighted by molar-refractivity contribution is 0.307. The van der Waals surface area contributed by atoms with Crippen LogP contribution in [0.15, 0.2) is 35.5 Å². The Morgan fingerprint density at radius 3 is 2.75 bits per heavy atom. The van der Waals surface area contributed by atoms with E-state index in [1.807, 2.05) is 37.4 Å². The molecule has 0 aromatic heterocycles. The van der Waals surface area contributed by atoms with E-state index in [0.717, 1.165) is 5.56 Å². The number of hydrogen-bond donors (Lipinski definition) is 2. The van der Waals surface area contributed by atoms with Gasteiger partial charge in [-0.05, 0) is 17.3 Å². The zero-order valence-electron chi connectivity index (χ0n) is 8.62. The van der Waals surface area contributed by atoms with Gasteiger partial charge in [-0.15, -0.1) is 0 Å². The molecule has 1 atom stereocenters. The van der Waals surface area contributed by atoms with Crippen LogP contribution in [0.25, 0.3) is 0 Å². The molecule has 0 spiro atoms. The monoisotopic (exact) mass is 253 g/mol. The van der Waals surface area contributed by atoms with Crippen LogP contribution in [-0.2, 0) is 0 Å². The topological polar surface area (TPSA) is 47.9 Å². The molecule has 84 valence electrons. The molecular weight excluding hydrogens is 242 g/mol. The van der Waals surface area contributed by atoms with Crippen LogP contribution in [-0.4, -0.2) is 26.6 Å². The zero-order chi connectivity index (χ0) is 11.5. The quantitative estimate of drug-likeness (QED) is 0.455. The highest BCUT2D eigenvalue weighted by atomic mass is 32.2. The van der Waals surface area contributed by atoms with Crippen molar-refractivity contribution in [2.24, 2.45) is 5.16 Å². The van der Waals surface area contributed by atoms with Crippen molar-refractivity contribution in [3.05, 3.63) is 35.9 Å². The molecule has 2 rings (SSSR count). The molecule has 1 aliphatic rings. The number of nitrogens with zero attached hydrogens (tertiary/aromatic N) is 2. The number of nitrogens with one attached hydrogen (secondary N) is 1. The zero-order valence-corrected chi connectivity index (χ0v) is 10.3. The molecule has 2 N–H and O–H groups in total. The first-order valence-corrected chi connectivity index (χ1v) is 5.93. The van der Waals surface area contributed by atoms with Gasteiger partial charge in [0.05, 0.1) is 0 Å². The largest absolute Gasteiger partial charge is 0.410 e. The van der Waals surface area contributed by atoms with Crippen molar-refractivity contribution in [3.63, 3.8) is 0 Å². The lowest BCUT2D eigenvalue weighted by Gasteiger charge is -2.32. The smallest absolute Gasteiger partial charge is 0.156 e. The minimum Gasteiger partial charge on any atom is -0.410 e. The van der Waals surface area contributed by atoms with Crippen molar-refractivity contribution in [2.75, 3.05) is 7.05 Å². The molecule has 1 saturated heterocycles. The predicted octanol–water partition coefficient (Wildman–Crippen LogP) is 1.98. The number of hydrazine groups is 1. The summed E-state index contributed by atoms with van der Waals surface area (Å²) in [6.07, 6.45) is 0. The molecule has 1 fully saturated rings. The van der Waals surface area contributed by atoms with Crippen molar-refractivity contribution in [1.82, 2.24) is 10.4 Å². The van der Waals surface area contributed by atoms with Gasteiger partial charge in [-0.3, -0.25) is 5.01 Å². The number of thiocarbonyl (C=S) groups is 1. The third-order valence-electron chi connectivity index (χ3n) is 2.27. The molecule has 1 heterocycles. The van der Waals surface area contributed by atoms with Gasteiger partial charge in [0.2, 0.25) is 0 Å². The Morgan fingerprint density at radius 1 is 1.44 bits per heavy atom. The van der Waals surface area contributed by atoms with Crippen LogP contribution in [0.1, 0.15) is 11.6 Å². The lowest BCUT2D eigenvalue weighted by Crippen LogP contribution is -2.47. The minimum absolute atomic E-state index is 0.145. The van der Waals surface area contributed by atoms with Crippen molar-refractivity contribution < 1.29 is 5.21 Å². The van der Waals surface area contributed by atoms with Gasteiger partial charge in [0.15, 0.2) is 4.32 Å². The van der Waals surface area contributed by atoms with E-state index in [1.165, 1.54) is 11.8 Å². The van der Waals surface area contributed by atoms with E-state index in [0.29, 0.717) is 9.36 Å². The second-order valence-corrected chi connectivity index (χ2v) is 4.99. The Kier molecular flexibility index (Phi) is 3.42. The number of hydrogen-bond acceptors (Lipinski definition) is 5. The summed E-state index contributed by atoms with van der Waals surface area (Å²) < 4.78 is 0.639. The van der Waals surface area contributed by atoms with Crippen LogP contribution in [0.3, 0.4) is 0 Å². The number of thioether (sulfide) groups is 1. The van der Waals surface area contributed by atoms with Gasteiger partial charge in [-0.2, -0.15) is 0 Å². The summed E-state index contributed by atoms with van der Waals surface area (Å²) in [5, 5.41) is 14.6. The lowest BCUT2D eigenvalue weighted by atomic mass is 10.1. The summed E-state index contributed by atoms with van der Waals surface area (Å²) in [5.41, 5.74) is 4.20. The van der Waals surface area contributed by atoms with Crippen LogP contribution >= 0.6 is 24.0 Å². The highest BCUT2D eigenvalue weighted by Gasteiger charge is 2.28. The van der Waals surface area contributed by atoms with E-state index in [2.05, 4.69) is 10.6 Å². The van der Waals surface area contributed by atoms with Gasteiger partial charge in [0.25, 0.3) is 0 Å². The molecule has 0 aliphatic carbocycles. The fourth-order valence-electron chi connectivity index (χ4n) is 1.46. The van der Waals surface area contributed by atoms with Crippen molar-refractivity contribution in [2.45, 2.75) is 6.04 Å². The minimum atomic E-state index is -0.145. The van der Waals surface area contributed by atoms with E-state index in [1.54, 1.807) is 5.01 Å². The SMILES string of the molecule is CN1NC(c2ccccc2)C(=NO)SC1=S. The number of benzene rings is 1. The molecule has 16 heavy (non-hydrogen) atoms. The second kappa shape index (κ2) is 4.82. The van der Waals surface area contributed by atoms with E-state index in [4.69, 9.17) is 17.4 Å². The fourth-order valence-corrected chi connectivity index (χ4v) is 2.48. The Morgan fingerprint density at radius 2 is 2.12 bits per heavy atom. The first-order valence-electron chi connectivity index (χ1n) is 4.71. The summed E-state index contributed by atoms with van der Waals surface area (Å²) in [6.45, 7) is 0. The summed E-state index contributed by atoms with van der Waals surface area (Å²) in [6, 6.07) is 9.65. The molecule has 4 nitrogen and oxygen atoms in total. The van der Waals surface area contributed by atoms with E-state index < -0.39 is 0 Å². The van der Waals surface area contributed by atoms with Gasteiger partial charge >= 0.3 is 0 Å². The number of oxime groups is 1. The Bertz CT molecular complexity index is 421.